The normalized spacial score (nSPS) is 13.3. The second-order valence-electron chi connectivity index (χ2n) is 6.93. The molecule has 0 aliphatic rings. The van der Waals surface area contributed by atoms with Gasteiger partial charge in [0.1, 0.15) is 11.1 Å². The maximum atomic E-state index is 11.9. The first-order valence-corrected chi connectivity index (χ1v) is 10.9. The molecule has 0 spiro atoms. The zero-order valence-electron chi connectivity index (χ0n) is 17.3. The van der Waals surface area contributed by atoms with Crippen molar-refractivity contribution in [1.29, 1.82) is 0 Å². The van der Waals surface area contributed by atoms with Crippen LogP contribution in [0.2, 0.25) is 0 Å². The molecule has 1 rings (SSSR count). The fraction of sp³-hybridized carbons (Fsp3) is 0.714. The van der Waals surface area contributed by atoms with Crippen LogP contribution < -0.4 is 5.32 Å². The Morgan fingerprint density at radius 3 is 2.82 bits per heavy atom. The molecule has 6 nitrogen and oxygen atoms in total. The Morgan fingerprint density at radius 2 is 2.18 bits per heavy atom. The Kier molecular flexibility index (Phi) is 12.8. The number of rotatable bonds is 15. The van der Waals surface area contributed by atoms with Crippen LogP contribution in [-0.2, 0) is 9.47 Å². The fourth-order valence-electron chi connectivity index (χ4n) is 2.73. The number of hydrogen-bond acceptors (Lipinski definition) is 7. The van der Waals surface area contributed by atoms with Gasteiger partial charge in [0.2, 0.25) is 0 Å². The van der Waals surface area contributed by atoms with E-state index >= 15 is 0 Å². The Bertz CT molecular complexity index is 597. The summed E-state index contributed by atoms with van der Waals surface area (Å²) in [6.45, 7) is 7.88. The number of aromatic nitrogens is 1. The minimum Gasteiger partial charge on any atom is -0.461 e. The molecule has 7 heteroatoms. The topological polar surface area (TPSA) is 80.7 Å². The predicted octanol–water partition coefficient (Wildman–Crippen LogP) is 3.57. The zero-order valence-corrected chi connectivity index (χ0v) is 18.1. The number of unbranched alkanes of at least 4 members (excludes halogenated alkanes) is 2. The van der Waals surface area contributed by atoms with Gasteiger partial charge in [-0.1, -0.05) is 13.8 Å². The molecular formula is C21H34N2O4S. The van der Waals surface area contributed by atoms with Crippen molar-refractivity contribution in [2.24, 2.45) is 5.92 Å². The molecule has 1 aromatic rings. The number of nitrogens with zero attached hydrogens (tertiary/aromatic N) is 1. The van der Waals surface area contributed by atoms with Crippen LogP contribution in [0.5, 0.6) is 0 Å². The Balaban J connectivity index is 2.78. The summed E-state index contributed by atoms with van der Waals surface area (Å²) in [4.78, 5) is 16.4. The van der Waals surface area contributed by atoms with Gasteiger partial charge >= 0.3 is 5.97 Å². The summed E-state index contributed by atoms with van der Waals surface area (Å²) in [7, 11) is 0. The van der Waals surface area contributed by atoms with Crippen molar-refractivity contribution in [2.75, 3.05) is 26.4 Å². The smallest absolute Gasteiger partial charge is 0.357 e. The minimum atomic E-state index is -0.411. The SMILES string of the molecule is C#CCCCCN[C@H](C[C@@H](OCCCO)c1nc(C(=O)OCC)cs1)C(C)C. The van der Waals surface area contributed by atoms with Crippen LogP contribution >= 0.6 is 11.3 Å². The van der Waals surface area contributed by atoms with E-state index in [4.69, 9.17) is 21.0 Å². The molecule has 0 fully saturated rings. The average Bonchev–Trinajstić information content (AvgIpc) is 3.16. The maximum Gasteiger partial charge on any atom is 0.357 e. The van der Waals surface area contributed by atoms with Gasteiger partial charge in [-0.2, -0.15) is 0 Å². The lowest BCUT2D eigenvalue weighted by Gasteiger charge is -2.27. The van der Waals surface area contributed by atoms with E-state index in [2.05, 4.69) is 30.1 Å². The number of aliphatic hydroxyl groups is 1. The number of hydrogen-bond donors (Lipinski definition) is 2. The third-order valence-electron chi connectivity index (χ3n) is 4.33. The van der Waals surface area contributed by atoms with Crippen molar-refractivity contribution in [3.8, 4) is 12.3 Å². The van der Waals surface area contributed by atoms with E-state index in [1.807, 2.05) is 0 Å². The van der Waals surface area contributed by atoms with Crippen LogP contribution in [0.3, 0.4) is 0 Å². The van der Waals surface area contributed by atoms with E-state index in [0.717, 1.165) is 37.2 Å². The molecule has 0 saturated carbocycles. The van der Waals surface area contributed by atoms with Crippen LogP contribution in [0, 0.1) is 18.3 Å². The molecule has 0 radical (unpaired) electrons. The summed E-state index contributed by atoms with van der Waals surface area (Å²) in [5.74, 6) is 2.68. The highest BCUT2D eigenvalue weighted by Crippen LogP contribution is 2.28. The lowest BCUT2D eigenvalue weighted by Crippen LogP contribution is -2.36. The summed E-state index contributed by atoms with van der Waals surface area (Å²) in [6.07, 6.45) is 9.24. The third-order valence-corrected chi connectivity index (χ3v) is 5.27. The largest absolute Gasteiger partial charge is 0.461 e. The minimum absolute atomic E-state index is 0.0830. The molecule has 158 valence electrons. The van der Waals surface area contributed by atoms with Crippen LogP contribution in [0.1, 0.15) is 74.5 Å². The summed E-state index contributed by atoms with van der Waals surface area (Å²) in [5.41, 5.74) is 0.320. The van der Waals surface area contributed by atoms with E-state index in [1.165, 1.54) is 11.3 Å². The molecule has 0 aliphatic carbocycles. The predicted molar refractivity (Wildman–Crippen MR) is 112 cm³/mol. The molecule has 1 heterocycles. The molecule has 0 amide bonds. The van der Waals surface area contributed by atoms with Crippen molar-refractivity contribution >= 4 is 17.3 Å². The summed E-state index contributed by atoms with van der Waals surface area (Å²) >= 11 is 1.41. The Morgan fingerprint density at radius 1 is 1.39 bits per heavy atom. The number of nitrogens with one attached hydrogen (secondary N) is 1. The lowest BCUT2D eigenvalue weighted by molar-refractivity contribution is 0.0272. The van der Waals surface area contributed by atoms with Crippen molar-refractivity contribution in [2.45, 2.75) is 65.0 Å². The summed E-state index contributed by atoms with van der Waals surface area (Å²) in [6, 6.07) is 0.250. The second-order valence-corrected chi connectivity index (χ2v) is 7.82. The van der Waals surface area contributed by atoms with Crippen molar-refractivity contribution in [3.63, 3.8) is 0 Å². The van der Waals surface area contributed by atoms with Crippen LogP contribution in [0.25, 0.3) is 0 Å². The monoisotopic (exact) mass is 410 g/mol. The zero-order chi connectivity index (χ0) is 20.8. The van der Waals surface area contributed by atoms with Crippen LogP contribution in [-0.4, -0.2) is 48.5 Å². The van der Waals surface area contributed by atoms with Gasteiger partial charge in [-0.25, -0.2) is 9.78 Å². The fourth-order valence-corrected chi connectivity index (χ4v) is 3.57. The van der Waals surface area contributed by atoms with Gasteiger partial charge in [-0.3, -0.25) is 0 Å². The molecule has 0 bridgehead atoms. The highest BCUT2D eigenvalue weighted by molar-refractivity contribution is 7.09. The molecular weight excluding hydrogens is 376 g/mol. The average molecular weight is 411 g/mol. The molecule has 0 aromatic carbocycles. The first-order valence-electron chi connectivity index (χ1n) is 10.0. The van der Waals surface area contributed by atoms with E-state index in [1.54, 1.807) is 12.3 Å². The first-order chi connectivity index (χ1) is 13.5. The van der Waals surface area contributed by atoms with Crippen molar-refractivity contribution < 1.29 is 19.4 Å². The quantitative estimate of drug-likeness (QED) is 0.261. The number of carbonyl (C=O) groups is 1. The Hall–Kier alpha value is -1.46. The Labute approximate surface area is 173 Å². The lowest BCUT2D eigenvalue weighted by atomic mass is 9.97. The van der Waals surface area contributed by atoms with Crippen LogP contribution in [0.4, 0.5) is 0 Å². The van der Waals surface area contributed by atoms with E-state index < -0.39 is 5.97 Å². The van der Waals surface area contributed by atoms with Crippen molar-refractivity contribution in [3.05, 3.63) is 16.1 Å². The maximum absolute atomic E-state index is 11.9. The molecule has 2 N–H and O–H groups in total. The van der Waals surface area contributed by atoms with Gasteiger partial charge in [0.25, 0.3) is 0 Å². The van der Waals surface area contributed by atoms with Crippen molar-refractivity contribution in [1.82, 2.24) is 10.3 Å². The third kappa shape index (κ3) is 9.16. The van der Waals surface area contributed by atoms with Gasteiger partial charge in [0, 0.05) is 31.1 Å². The molecule has 2 atom stereocenters. The molecule has 0 unspecified atom stereocenters. The molecule has 28 heavy (non-hydrogen) atoms. The van der Waals surface area contributed by atoms with E-state index in [0.29, 0.717) is 31.2 Å². The number of thiazole rings is 1. The highest BCUT2D eigenvalue weighted by Gasteiger charge is 2.24. The summed E-state index contributed by atoms with van der Waals surface area (Å²) in [5, 5.41) is 15.1. The van der Waals surface area contributed by atoms with Gasteiger partial charge in [-0.05, 0) is 45.1 Å². The first kappa shape index (κ1) is 24.6. The molecule has 1 aromatic heterocycles. The highest BCUT2D eigenvalue weighted by atomic mass is 32.1. The molecule has 0 aliphatic heterocycles. The standard InChI is InChI=1S/C21H34N2O4S/c1-5-7-8-9-11-22-17(16(3)4)14-19(27-13-10-12-24)20-23-18(15-28-20)21(25)26-6-2/h1,15-17,19,22,24H,6-14H2,2-4H3/t17-,19-/m1/s1. The van der Waals surface area contributed by atoms with Gasteiger partial charge < -0.3 is 19.9 Å². The number of ether oxygens (including phenoxy) is 2. The number of esters is 1. The molecule has 0 saturated heterocycles. The van der Waals surface area contributed by atoms with E-state index in [-0.39, 0.29) is 18.8 Å². The number of aliphatic hydroxyl groups excluding tert-OH is 1. The van der Waals surface area contributed by atoms with Gasteiger partial charge in [-0.15, -0.1) is 23.7 Å². The van der Waals surface area contributed by atoms with Gasteiger partial charge in [0.05, 0.1) is 6.61 Å². The second kappa shape index (κ2) is 14.5. The number of carbonyl (C=O) groups excluding carboxylic acids is 1. The van der Waals surface area contributed by atoms with Gasteiger partial charge in [0.15, 0.2) is 5.69 Å². The van der Waals surface area contributed by atoms with E-state index in [9.17, 15) is 4.79 Å². The summed E-state index contributed by atoms with van der Waals surface area (Å²) < 4.78 is 11.0. The van der Waals surface area contributed by atoms with Crippen LogP contribution in [0.15, 0.2) is 5.38 Å². The number of terminal acetylenes is 1.